The van der Waals surface area contributed by atoms with E-state index in [0.717, 1.165) is 15.4 Å². The minimum atomic E-state index is 0.421. The molecule has 1 aromatic heterocycles. The fourth-order valence-corrected chi connectivity index (χ4v) is 2.47. The molecule has 5 heteroatoms. The van der Waals surface area contributed by atoms with Crippen molar-refractivity contribution in [3.63, 3.8) is 0 Å². The van der Waals surface area contributed by atoms with E-state index >= 15 is 0 Å². The maximum atomic E-state index is 5.92. The first-order valence-corrected chi connectivity index (χ1v) is 5.89. The third-order valence-electron chi connectivity index (χ3n) is 1.93. The van der Waals surface area contributed by atoms with Crippen LogP contribution in [0.5, 0.6) is 0 Å². The van der Waals surface area contributed by atoms with Crippen molar-refractivity contribution in [2.24, 2.45) is 5.73 Å². The van der Waals surface area contributed by atoms with Crippen molar-refractivity contribution in [1.29, 1.82) is 0 Å². The molecule has 0 unspecified atom stereocenters. The molecule has 1 aromatic carbocycles. The zero-order chi connectivity index (χ0) is 10.8. The van der Waals surface area contributed by atoms with Gasteiger partial charge in [-0.2, -0.15) is 0 Å². The average Bonchev–Trinajstić information content (AvgIpc) is 2.61. The number of nitrogens with zero attached hydrogens (tertiary/aromatic N) is 1. The highest BCUT2D eigenvalue weighted by atomic mass is 35.5. The normalized spacial score (nSPS) is 10.6. The third-order valence-corrected chi connectivity index (χ3v) is 3.73. The van der Waals surface area contributed by atoms with Crippen molar-refractivity contribution in [3.05, 3.63) is 39.3 Å². The molecule has 2 nitrogen and oxygen atoms in total. The van der Waals surface area contributed by atoms with Crippen LogP contribution in [0.15, 0.2) is 24.3 Å². The number of hydrogen-bond acceptors (Lipinski definition) is 3. The van der Waals surface area contributed by atoms with Gasteiger partial charge in [0.25, 0.3) is 0 Å². The standard InChI is InChI=1S/C10H8Cl2N2S/c11-7-3-1-6(2-4-7)10-14-9(12)8(5-13)15-10/h1-4H,5,13H2. The summed E-state index contributed by atoms with van der Waals surface area (Å²) in [6, 6.07) is 7.48. The van der Waals surface area contributed by atoms with Crippen LogP contribution < -0.4 is 5.73 Å². The van der Waals surface area contributed by atoms with Gasteiger partial charge < -0.3 is 5.73 Å². The Morgan fingerprint density at radius 1 is 1.20 bits per heavy atom. The van der Waals surface area contributed by atoms with Gasteiger partial charge >= 0.3 is 0 Å². The second kappa shape index (κ2) is 4.49. The minimum Gasteiger partial charge on any atom is -0.326 e. The lowest BCUT2D eigenvalue weighted by atomic mass is 10.2. The van der Waals surface area contributed by atoms with Gasteiger partial charge in [-0.25, -0.2) is 4.98 Å². The third kappa shape index (κ3) is 2.32. The van der Waals surface area contributed by atoms with Crippen LogP contribution in [0.4, 0.5) is 0 Å². The molecule has 0 bridgehead atoms. The molecule has 0 aliphatic rings. The van der Waals surface area contributed by atoms with Gasteiger partial charge in [-0.15, -0.1) is 11.3 Å². The summed E-state index contributed by atoms with van der Waals surface area (Å²) in [6.07, 6.45) is 0. The first-order valence-electron chi connectivity index (χ1n) is 4.32. The van der Waals surface area contributed by atoms with Crippen molar-refractivity contribution in [3.8, 4) is 10.6 Å². The highest BCUT2D eigenvalue weighted by molar-refractivity contribution is 7.15. The van der Waals surface area contributed by atoms with E-state index in [1.54, 1.807) is 0 Å². The van der Waals surface area contributed by atoms with Crippen LogP contribution >= 0.6 is 34.5 Å². The van der Waals surface area contributed by atoms with Gasteiger partial charge in [0, 0.05) is 17.1 Å². The molecule has 0 fully saturated rings. The maximum Gasteiger partial charge on any atom is 0.145 e. The highest BCUT2D eigenvalue weighted by Gasteiger charge is 2.09. The van der Waals surface area contributed by atoms with Gasteiger partial charge in [-0.05, 0) is 12.1 Å². The molecule has 0 spiro atoms. The second-order valence-electron chi connectivity index (χ2n) is 2.94. The number of nitrogens with two attached hydrogens (primary N) is 1. The Morgan fingerprint density at radius 2 is 1.87 bits per heavy atom. The molecule has 2 N–H and O–H groups in total. The van der Waals surface area contributed by atoms with E-state index in [1.165, 1.54) is 11.3 Å². The number of benzene rings is 1. The monoisotopic (exact) mass is 258 g/mol. The fourth-order valence-electron chi connectivity index (χ4n) is 1.17. The zero-order valence-electron chi connectivity index (χ0n) is 7.71. The zero-order valence-corrected chi connectivity index (χ0v) is 10.0. The van der Waals surface area contributed by atoms with E-state index < -0.39 is 0 Å². The summed E-state index contributed by atoms with van der Waals surface area (Å²) >= 11 is 13.2. The topological polar surface area (TPSA) is 38.9 Å². The van der Waals surface area contributed by atoms with E-state index in [-0.39, 0.29) is 0 Å². The van der Waals surface area contributed by atoms with Crippen LogP contribution in [0.3, 0.4) is 0 Å². The smallest absolute Gasteiger partial charge is 0.145 e. The predicted molar refractivity (Wildman–Crippen MR) is 65.5 cm³/mol. The summed E-state index contributed by atoms with van der Waals surface area (Å²) in [5, 5.41) is 2.07. The van der Waals surface area contributed by atoms with E-state index in [2.05, 4.69) is 4.98 Å². The lowest BCUT2D eigenvalue weighted by molar-refractivity contribution is 1.10. The van der Waals surface area contributed by atoms with Gasteiger partial charge in [-0.1, -0.05) is 35.3 Å². The van der Waals surface area contributed by atoms with Gasteiger partial charge in [0.15, 0.2) is 0 Å². The molecule has 0 saturated heterocycles. The van der Waals surface area contributed by atoms with Crippen LogP contribution in [0.25, 0.3) is 10.6 Å². The summed E-state index contributed by atoms with van der Waals surface area (Å²) < 4.78 is 0. The molecule has 0 aliphatic carbocycles. The lowest BCUT2D eigenvalue weighted by Gasteiger charge is -1.94. The lowest BCUT2D eigenvalue weighted by Crippen LogP contribution is -1.92. The SMILES string of the molecule is NCc1sc(-c2ccc(Cl)cc2)nc1Cl. The number of halogens is 2. The van der Waals surface area contributed by atoms with Gasteiger partial charge in [0.2, 0.25) is 0 Å². The fraction of sp³-hybridized carbons (Fsp3) is 0.100. The number of rotatable bonds is 2. The summed E-state index contributed by atoms with van der Waals surface area (Å²) in [4.78, 5) is 5.15. The van der Waals surface area contributed by atoms with Crippen LogP contribution in [-0.4, -0.2) is 4.98 Å². The molecule has 0 aliphatic heterocycles. The Balaban J connectivity index is 2.41. The van der Waals surface area contributed by atoms with E-state index in [0.29, 0.717) is 16.7 Å². The molecule has 0 radical (unpaired) electrons. The van der Waals surface area contributed by atoms with E-state index in [9.17, 15) is 0 Å². The van der Waals surface area contributed by atoms with Crippen molar-refractivity contribution in [2.45, 2.75) is 6.54 Å². The van der Waals surface area contributed by atoms with Crippen molar-refractivity contribution >= 4 is 34.5 Å². The van der Waals surface area contributed by atoms with E-state index in [4.69, 9.17) is 28.9 Å². The predicted octanol–water partition coefficient (Wildman–Crippen LogP) is 3.58. The molecule has 1 heterocycles. The van der Waals surface area contributed by atoms with E-state index in [1.807, 2.05) is 24.3 Å². The van der Waals surface area contributed by atoms with Gasteiger partial charge in [0.1, 0.15) is 10.2 Å². The Labute approximate surface area is 102 Å². The van der Waals surface area contributed by atoms with Crippen molar-refractivity contribution < 1.29 is 0 Å². The Morgan fingerprint density at radius 3 is 2.40 bits per heavy atom. The maximum absolute atomic E-state index is 5.92. The Hall–Kier alpha value is -0.610. The molecule has 0 saturated carbocycles. The summed E-state index contributed by atoms with van der Waals surface area (Å²) in [6.45, 7) is 0.421. The van der Waals surface area contributed by atoms with Crippen LogP contribution in [-0.2, 0) is 6.54 Å². The molecule has 15 heavy (non-hydrogen) atoms. The highest BCUT2D eigenvalue weighted by Crippen LogP contribution is 2.30. The quantitative estimate of drug-likeness (QED) is 0.895. The van der Waals surface area contributed by atoms with Gasteiger partial charge in [0.05, 0.1) is 4.88 Å². The molecule has 0 amide bonds. The molecular weight excluding hydrogens is 251 g/mol. The van der Waals surface area contributed by atoms with Crippen molar-refractivity contribution in [2.75, 3.05) is 0 Å². The minimum absolute atomic E-state index is 0.421. The first-order chi connectivity index (χ1) is 7.20. The molecular formula is C10H8Cl2N2S. The molecule has 2 rings (SSSR count). The Kier molecular flexibility index (Phi) is 3.26. The largest absolute Gasteiger partial charge is 0.326 e. The number of aromatic nitrogens is 1. The van der Waals surface area contributed by atoms with Crippen LogP contribution in [0.2, 0.25) is 10.2 Å². The number of thiazole rings is 1. The average molecular weight is 259 g/mol. The molecule has 78 valence electrons. The van der Waals surface area contributed by atoms with Crippen LogP contribution in [0.1, 0.15) is 4.88 Å². The van der Waals surface area contributed by atoms with Crippen LogP contribution in [0, 0.1) is 0 Å². The Bertz CT molecular complexity index is 465. The summed E-state index contributed by atoms with van der Waals surface area (Å²) in [5.41, 5.74) is 6.54. The summed E-state index contributed by atoms with van der Waals surface area (Å²) in [7, 11) is 0. The summed E-state index contributed by atoms with van der Waals surface area (Å²) in [5.74, 6) is 0. The number of hydrogen-bond donors (Lipinski definition) is 1. The first kappa shape index (κ1) is 10.9. The molecule has 0 atom stereocenters. The van der Waals surface area contributed by atoms with Crippen molar-refractivity contribution in [1.82, 2.24) is 4.98 Å². The second-order valence-corrected chi connectivity index (χ2v) is 4.82. The van der Waals surface area contributed by atoms with Gasteiger partial charge in [-0.3, -0.25) is 0 Å². The molecule has 2 aromatic rings.